The highest BCUT2D eigenvalue weighted by Crippen LogP contribution is 2.50. The Bertz CT molecular complexity index is 514. The molecule has 1 aliphatic heterocycles. The van der Waals surface area contributed by atoms with Gasteiger partial charge in [0.05, 0.1) is 0 Å². The van der Waals surface area contributed by atoms with Gasteiger partial charge in [0.2, 0.25) is 0 Å². The molecule has 116 valence electrons. The standard InChI is InChI=1S/C18H28N2O/c1-14-10-17(2,3)12-18(14,13-19)20-8-9-21-16-7-5-4-6-15(16)11-20/h4-7,14H,8-13,19H2,1-3H3. The van der Waals surface area contributed by atoms with E-state index in [1.807, 2.05) is 0 Å². The molecule has 2 N–H and O–H groups in total. The van der Waals surface area contributed by atoms with Crippen molar-refractivity contribution in [3.05, 3.63) is 29.8 Å². The highest BCUT2D eigenvalue weighted by molar-refractivity contribution is 5.34. The first-order valence-electron chi connectivity index (χ1n) is 8.13. The van der Waals surface area contributed by atoms with Gasteiger partial charge in [-0.15, -0.1) is 0 Å². The zero-order chi connectivity index (χ0) is 15.1. The minimum Gasteiger partial charge on any atom is -0.492 e. The summed E-state index contributed by atoms with van der Waals surface area (Å²) in [5.41, 5.74) is 8.09. The van der Waals surface area contributed by atoms with Crippen LogP contribution < -0.4 is 10.5 Å². The molecule has 3 rings (SSSR count). The SMILES string of the molecule is CC1CC(C)(C)CC1(CN)N1CCOc2ccccc2C1. The Morgan fingerprint density at radius 3 is 2.76 bits per heavy atom. The molecule has 1 heterocycles. The molecular formula is C18H28N2O. The van der Waals surface area contributed by atoms with Gasteiger partial charge in [0.25, 0.3) is 0 Å². The summed E-state index contributed by atoms with van der Waals surface area (Å²) in [7, 11) is 0. The van der Waals surface area contributed by atoms with Crippen molar-refractivity contribution in [2.75, 3.05) is 19.7 Å². The summed E-state index contributed by atoms with van der Waals surface area (Å²) in [6, 6.07) is 8.41. The van der Waals surface area contributed by atoms with Gasteiger partial charge in [0.15, 0.2) is 0 Å². The molecule has 1 aliphatic carbocycles. The van der Waals surface area contributed by atoms with Crippen molar-refractivity contribution >= 4 is 0 Å². The number of para-hydroxylation sites is 1. The fraction of sp³-hybridized carbons (Fsp3) is 0.667. The summed E-state index contributed by atoms with van der Waals surface area (Å²) in [5.74, 6) is 1.67. The number of nitrogens with two attached hydrogens (primary N) is 1. The molecule has 1 aromatic rings. The van der Waals surface area contributed by atoms with Crippen LogP contribution in [0.5, 0.6) is 5.75 Å². The summed E-state index contributed by atoms with van der Waals surface area (Å²) in [5, 5.41) is 0. The summed E-state index contributed by atoms with van der Waals surface area (Å²) in [6.07, 6.45) is 2.43. The minimum atomic E-state index is 0.115. The van der Waals surface area contributed by atoms with Crippen molar-refractivity contribution < 1.29 is 4.74 Å². The van der Waals surface area contributed by atoms with Crippen LogP contribution in [0.3, 0.4) is 0 Å². The molecule has 21 heavy (non-hydrogen) atoms. The Kier molecular flexibility index (Phi) is 3.74. The van der Waals surface area contributed by atoms with Crippen molar-refractivity contribution in [2.45, 2.75) is 45.7 Å². The average Bonchev–Trinajstić information content (AvgIpc) is 2.61. The Labute approximate surface area is 128 Å². The highest BCUT2D eigenvalue weighted by Gasteiger charge is 2.51. The maximum absolute atomic E-state index is 6.30. The van der Waals surface area contributed by atoms with Crippen LogP contribution in [-0.4, -0.2) is 30.1 Å². The molecule has 0 amide bonds. The smallest absolute Gasteiger partial charge is 0.123 e. The Morgan fingerprint density at radius 2 is 2.10 bits per heavy atom. The number of benzene rings is 1. The van der Waals surface area contributed by atoms with E-state index in [-0.39, 0.29) is 5.54 Å². The lowest BCUT2D eigenvalue weighted by atomic mass is 9.84. The lowest BCUT2D eigenvalue weighted by molar-refractivity contribution is 0.0465. The van der Waals surface area contributed by atoms with Crippen molar-refractivity contribution in [3.63, 3.8) is 0 Å². The molecule has 2 atom stereocenters. The Balaban J connectivity index is 1.92. The number of fused-ring (bicyclic) bond motifs is 1. The molecular weight excluding hydrogens is 260 g/mol. The second kappa shape index (κ2) is 5.29. The van der Waals surface area contributed by atoms with Gasteiger partial charge in [-0.3, -0.25) is 4.90 Å². The quantitative estimate of drug-likeness (QED) is 0.909. The van der Waals surface area contributed by atoms with Crippen LogP contribution in [-0.2, 0) is 6.54 Å². The summed E-state index contributed by atoms with van der Waals surface area (Å²) >= 11 is 0. The largest absolute Gasteiger partial charge is 0.492 e. The third kappa shape index (κ3) is 2.58. The van der Waals surface area contributed by atoms with E-state index in [9.17, 15) is 0 Å². The minimum absolute atomic E-state index is 0.115. The van der Waals surface area contributed by atoms with Crippen molar-refractivity contribution in [1.29, 1.82) is 0 Å². The van der Waals surface area contributed by atoms with E-state index in [0.29, 0.717) is 11.3 Å². The van der Waals surface area contributed by atoms with Gasteiger partial charge < -0.3 is 10.5 Å². The molecule has 2 unspecified atom stereocenters. The maximum Gasteiger partial charge on any atom is 0.123 e. The lowest BCUT2D eigenvalue weighted by Crippen LogP contribution is -2.56. The van der Waals surface area contributed by atoms with Crippen LogP contribution in [0.25, 0.3) is 0 Å². The van der Waals surface area contributed by atoms with E-state index in [1.54, 1.807) is 0 Å². The van der Waals surface area contributed by atoms with Gasteiger partial charge in [-0.05, 0) is 30.2 Å². The van der Waals surface area contributed by atoms with E-state index in [4.69, 9.17) is 10.5 Å². The van der Waals surface area contributed by atoms with Gasteiger partial charge in [-0.2, -0.15) is 0 Å². The third-order valence-electron chi connectivity index (χ3n) is 5.50. The fourth-order valence-corrected chi connectivity index (χ4v) is 4.63. The lowest BCUT2D eigenvalue weighted by Gasteiger charge is -2.44. The predicted octanol–water partition coefficient (Wildman–Crippen LogP) is 3.03. The van der Waals surface area contributed by atoms with Crippen molar-refractivity contribution in [1.82, 2.24) is 4.90 Å². The number of hydrogen-bond donors (Lipinski definition) is 1. The molecule has 0 bridgehead atoms. The van der Waals surface area contributed by atoms with Gasteiger partial charge in [-0.1, -0.05) is 39.0 Å². The van der Waals surface area contributed by atoms with Crippen molar-refractivity contribution in [3.8, 4) is 5.75 Å². The summed E-state index contributed by atoms with van der Waals surface area (Å²) in [6.45, 7) is 10.5. The van der Waals surface area contributed by atoms with Gasteiger partial charge in [-0.25, -0.2) is 0 Å². The zero-order valence-electron chi connectivity index (χ0n) is 13.6. The number of rotatable bonds is 2. The summed E-state index contributed by atoms with van der Waals surface area (Å²) < 4.78 is 5.93. The first-order chi connectivity index (χ1) is 9.97. The first-order valence-corrected chi connectivity index (χ1v) is 8.13. The van der Waals surface area contributed by atoms with E-state index in [0.717, 1.165) is 32.0 Å². The number of nitrogens with zero attached hydrogens (tertiary/aromatic N) is 1. The topological polar surface area (TPSA) is 38.5 Å². The molecule has 0 radical (unpaired) electrons. The number of ether oxygens (including phenoxy) is 1. The van der Waals surface area contributed by atoms with E-state index in [2.05, 4.69) is 49.9 Å². The molecule has 2 aliphatic rings. The molecule has 3 nitrogen and oxygen atoms in total. The molecule has 1 saturated carbocycles. The second-order valence-electron chi connectivity index (χ2n) is 7.63. The van der Waals surface area contributed by atoms with E-state index in [1.165, 1.54) is 18.4 Å². The molecule has 1 aromatic carbocycles. The van der Waals surface area contributed by atoms with Gasteiger partial charge >= 0.3 is 0 Å². The third-order valence-corrected chi connectivity index (χ3v) is 5.50. The van der Waals surface area contributed by atoms with Crippen LogP contribution in [0.4, 0.5) is 0 Å². The zero-order valence-corrected chi connectivity index (χ0v) is 13.6. The second-order valence-corrected chi connectivity index (χ2v) is 7.63. The highest BCUT2D eigenvalue weighted by atomic mass is 16.5. The molecule has 0 spiro atoms. The van der Waals surface area contributed by atoms with Crippen LogP contribution in [0.15, 0.2) is 24.3 Å². The Morgan fingerprint density at radius 1 is 1.33 bits per heavy atom. The monoisotopic (exact) mass is 288 g/mol. The van der Waals surface area contributed by atoms with Crippen LogP contribution >= 0.6 is 0 Å². The van der Waals surface area contributed by atoms with Gasteiger partial charge in [0, 0.05) is 30.7 Å². The van der Waals surface area contributed by atoms with Gasteiger partial charge in [0.1, 0.15) is 12.4 Å². The van der Waals surface area contributed by atoms with E-state index < -0.39 is 0 Å². The normalized spacial score (nSPS) is 32.3. The van der Waals surface area contributed by atoms with E-state index >= 15 is 0 Å². The van der Waals surface area contributed by atoms with Crippen LogP contribution in [0, 0.1) is 11.3 Å². The molecule has 0 aromatic heterocycles. The summed E-state index contributed by atoms with van der Waals surface area (Å²) in [4.78, 5) is 2.60. The first kappa shape index (κ1) is 14.9. The Hall–Kier alpha value is -1.06. The predicted molar refractivity (Wildman–Crippen MR) is 86.3 cm³/mol. The molecule has 3 heteroatoms. The number of hydrogen-bond acceptors (Lipinski definition) is 3. The van der Waals surface area contributed by atoms with Crippen LogP contribution in [0.1, 0.15) is 39.2 Å². The fourth-order valence-electron chi connectivity index (χ4n) is 4.63. The van der Waals surface area contributed by atoms with Crippen LogP contribution in [0.2, 0.25) is 0 Å². The van der Waals surface area contributed by atoms with Crippen molar-refractivity contribution in [2.24, 2.45) is 17.1 Å². The average molecular weight is 288 g/mol. The molecule has 1 fully saturated rings. The maximum atomic E-state index is 6.30. The molecule has 0 saturated heterocycles.